The van der Waals surface area contributed by atoms with Crippen molar-refractivity contribution in [2.75, 3.05) is 24.2 Å². The average Bonchev–Trinajstić information content (AvgIpc) is 2.87. The molecule has 0 aromatic heterocycles. The van der Waals surface area contributed by atoms with Gasteiger partial charge in [0.25, 0.3) is 0 Å². The molecule has 1 fully saturated rings. The van der Waals surface area contributed by atoms with E-state index in [1.807, 2.05) is 37.3 Å². The first-order chi connectivity index (χ1) is 17.2. The van der Waals surface area contributed by atoms with Gasteiger partial charge in [-0.3, -0.25) is 13.9 Å². The minimum Gasteiger partial charge on any atom is -0.497 e. The summed E-state index contributed by atoms with van der Waals surface area (Å²) in [5.74, 6) is -0.0514. The number of hydrogen-bond donors (Lipinski definition) is 1. The van der Waals surface area contributed by atoms with Crippen LogP contribution >= 0.6 is 0 Å². The van der Waals surface area contributed by atoms with Crippen LogP contribution in [-0.4, -0.2) is 57.1 Å². The first-order valence-electron chi connectivity index (χ1n) is 12.5. The number of nitrogens with one attached hydrogen (secondary N) is 1. The summed E-state index contributed by atoms with van der Waals surface area (Å²) in [5, 5.41) is 3.14. The van der Waals surface area contributed by atoms with Crippen molar-refractivity contribution in [1.29, 1.82) is 0 Å². The molecule has 0 spiro atoms. The Morgan fingerprint density at radius 2 is 1.67 bits per heavy atom. The highest BCUT2D eigenvalue weighted by Crippen LogP contribution is 2.23. The lowest BCUT2D eigenvalue weighted by Crippen LogP contribution is -2.53. The summed E-state index contributed by atoms with van der Waals surface area (Å²) in [5.41, 5.74) is 1.22. The predicted octanol–water partition coefficient (Wildman–Crippen LogP) is 3.72. The fourth-order valence-corrected chi connectivity index (χ4v) is 5.46. The second-order valence-corrected chi connectivity index (χ2v) is 11.1. The molecular formula is C27H37N3O5S. The highest BCUT2D eigenvalue weighted by Gasteiger charge is 2.32. The van der Waals surface area contributed by atoms with Gasteiger partial charge >= 0.3 is 0 Å². The van der Waals surface area contributed by atoms with Gasteiger partial charge in [0.15, 0.2) is 0 Å². The van der Waals surface area contributed by atoms with Crippen molar-refractivity contribution in [3.05, 3.63) is 60.2 Å². The zero-order valence-electron chi connectivity index (χ0n) is 21.4. The van der Waals surface area contributed by atoms with E-state index in [0.717, 1.165) is 41.8 Å². The summed E-state index contributed by atoms with van der Waals surface area (Å²) in [4.78, 5) is 28.6. The molecular weight excluding hydrogens is 478 g/mol. The molecule has 2 aromatic rings. The standard InChI is InChI=1S/C27H37N3O5S/c1-4-25(27(32)28-22-13-9-6-10-14-22)29(19-21-11-7-5-8-12-21)26(31)20-30(36(3,33)34)23-15-17-24(35-2)18-16-23/h5,7-8,11-12,15-18,22,25H,4,6,9-10,13-14,19-20H2,1-3H3,(H,28,32). The van der Waals surface area contributed by atoms with Crippen LogP contribution in [-0.2, 0) is 26.2 Å². The van der Waals surface area contributed by atoms with Crippen LogP contribution in [0.5, 0.6) is 5.75 Å². The van der Waals surface area contributed by atoms with Gasteiger partial charge in [0.1, 0.15) is 18.3 Å². The van der Waals surface area contributed by atoms with Crippen molar-refractivity contribution >= 4 is 27.5 Å². The lowest BCUT2D eigenvalue weighted by atomic mass is 9.95. The number of sulfonamides is 1. The first kappa shape index (κ1) is 27.5. The molecule has 2 amide bonds. The number of amides is 2. The number of carbonyl (C=O) groups excluding carboxylic acids is 2. The molecule has 1 saturated carbocycles. The van der Waals surface area contributed by atoms with Gasteiger partial charge in [-0.15, -0.1) is 0 Å². The summed E-state index contributed by atoms with van der Waals surface area (Å²) in [7, 11) is -2.24. The molecule has 196 valence electrons. The third kappa shape index (κ3) is 7.46. The predicted molar refractivity (Wildman–Crippen MR) is 141 cm³/mol. The number of methoxy groups -OCH3 is 1. The maximum absolute atomic E-state index is 13.7. The molecule has 36 heavy (non-hydrogen) atoms. The van der Waals surface area contributed by atoms with Gasteiger partial charge in [0.2, 0.25) is 21.8 Å². The molecule has 3 rings (SSSR count). The van der Waals surface area contributed by atoms with Crippen molar-refractivity contribution in [3.63, 3.8) is 0 Å². The molecule has 0 radical (unpaired) electrons. The number of nitrogens with zero attached hydrogens (tertiary/aromatic N) is 2. The molecule has 2 aromatic carbocycles. The van der Waals surface area contributed by atoms with Crippen molar-refractivity contribution in [1.82, 2.24) is 10.2 Å². The Morgan fingerprint density at radius 1 is 1.03 bits per heavy atom. The van der Waals surface area contributed by atoms with E-state index < -0.39 is 28.5 Å². The van der Waals surface area contributed by atoms with E-state index in [0.29, 0.717) is 17.9 Å². The molecule has 1 unspecified atom stereocenters. The van der Waals surface area contributed by atoms with E-state index in [9.17, 15) is 18.0 Å². The third-order valence-corrected chi connectivity index (χ3v) is 7.71. The Kier molecular flexibility index (Phi) is 9.75. The van der Waals surface area contributed by atoms with Crippen LogP contribution in [0.4, 0.5) is 5.69 Å². The maximum Gasteiger partial charge on any atom is 0.244 e. The molecule has 0 saturated heterocycles. The zero-order valence-corrected chi connectivity index (χ0v) is 22.2. The fraction of sp³-hybridized carbons (Fsp3) is 0.481. The smallest absolute Gasteiger partial charge is 0.244 e. The van der Waals surface area contributed by atoms with Gasteiger partial charge < -0.3 is 15.0 Å². The normalized spacial score (nSPS) is 15.1. The molecule has 0 bridgehead atoms. The Bertz CT molecular complexity index is 1100. The summed E-state index contributed by atoms with van der Waals surface area (Å²) >= 11 is 0. The van der Waals surface area contributed by atoms with E-state index >= 15 is 0 Å². The Hall–Kier alpha value is -3.07. The van der Waals surface area contributed by atoms with E-state index in [1.54, 1.807) is 24.3 Å². The third-order valence-electron chi connectivity index (χ3n) is 6.57. The summed E-state index contributed by atoms with van der Waals surface area (Å²) in [6, 6.07) is 15.3. The second-order valence-electron chi connectivity index (χ2n) is 9.24. The average molecular weight is 516 g/mol. The number of rotatable bonds is 11. The zero-order chi connectivity index (χ0) is 26.1. The molecule has 1 N–H and O–H groups in total. The number of benzene rings is 2. The molecule has 1 aliphatic rings. The lowest BCUT2D eigenvalue weighted by molar-refractivity contribution is -0.140. The van der Waals surface area contributed by atoms with Gasteiger partial charge in [0, 0.05) is 12.6 Å². The maximum atomic E-state index is 13.7. The lowest BCUT2D eigenvalue weighted by Gasteiger charge is -2.34. The van der Waals surface area contributed by atoms with Crippen LogP contribution < -0.4 is 14.4 Å². The highest BCUT2D eigenvalue weighted by atomic mass is 32.2. The van der Waals surface area contributed by atoms with Crippen molar-refractivity contribution in [3.8, 4) is 5.75 Å². The van der Waals surface area contributed by atoms with Gasteiger partial charge in [-0.25, -0.2) is 8.42 Å². The molecule has 0 heterocycles. The molecule has 1 aliphatic carbocycles. The van der Waals surface area contributed by atoms with Crippen LogP contribution in [0.15, 0.2) is 54.6 Å². The summed E-state index contributed by atoms with van der Waals surface area (Å²) in [6.07, 6.45) is 6.70. The number of anilines is 1. The van der Waals surface area contributed by atoms with E-state index in [4.69, 9.17) is 4.74 Å². The Morgan fingerprint density at radius 3 is 2.22 bits per heavy atom. The first-order valence-corrected chi connectivity index (χ1v) is 14.3. The molecule has 9 heteroatoms. The van der Waals surface area contributed by atoms with Crippen molar-refractivity contribution in [2.24, 2.45) is 0 Å². The number of ether oxygens (including phenoxy) is 1. The topological polar surface area (TPSA) is 96.0 Å². The van der Waals surface area contributed by atoms with Gasteiger partial charge in [0.05, 0.1) is 19.1 Å². The number of carbonyl (C=O) groups is 2. The van der Waals surface area contributed by atoms with E-state index in [1.165, 1.54) is 18.4 Å². The van der Waals surface area contributed by atoms with Crippen LogP contribution in [0.1, 0.15) is 51.0 Å². The minimum absolute atomic E-state index is 0.112. The monoisotopic (exact) mass is 515 g/mol. The Labute approximate surface area is 214 Å². The van der Waals surface area contributed by atoms with E-state index in [2.05, 4.69) is 5.32 Å². The van der Waals surface area contributed by atoms with Crippen LogP contribution in [0, 0.1) is 0 Å². The minimum atomic E-state index is -3.77. The molecule has 0 aliphatic heterocycles. The van der Waals surface area contributed by atoms with Crippen molar-refractivity contribution in [2.45, 2.75) is 64.1 Å². The quantitative estimate of drug-likeness (QED) is 0.492. The van der Waals surface area contributed by atoms with Gasteiger partial charge in [-0.05, 0) is 49.1 Å². The largest absolute Gasteiger partial charge is 0.497 e. The van der Waals surface area contributed by atoms with Gasteiger partial charge in [-0.2, -0.15) is 0 Å². The van der Waals surface area contributed by atoms with Crippen LogP contribution in [0.25, 0.3) is 0 Å². The Balaban J connectivity index is 1.88. The summed E-state index contributed by atoms with van der Waals surface area (Å²) < 4.78 is 31.6. The van der Waals surface area contributed by atoms with Crippen LogP contribution in [0.2, 0.25) is 0 Å². The fourth-order valence-electron chi connectivity index (χ4n) is 4.61. The van der Waals surface area contributed by atoms with Crippen molar-refractivity contribution < 1.29 is 22.7 Å². The van der Waals surface area contributed by atoms with Crippen LogP contribution in [0.3, 0.4) is 0 Å². The highest BCUT2D eigenvalue weighted by molar-refractivity contribution is 7.92. The molecule has 1 atom stereocenters. The summed E-state index contributed by atoms with van der Waals surface area (Å²) in [6.45, 7) is 1.66. The SMILES string of the molecule is CCC(C(=O)NC1CCCCC1)N(Cc1ccccc1)C(=O)CN(c1ccc(OC)cc1)S(C)(=O)=O. The molecule has 8 nitrogen and oxygen atoms in total. The van der Waals surface area contributed by atoms with E-state index in [-0.39, 0.29) is 18.5 Å². The second kappa shape index (κ2) is 12.8. The number of hydrogen-bond acceptors (Lipinski definition) is 5. The van der Waals surface area contributed by atoms with Gasteiger partial charge in [-0.1, -0.05) is 56.5 Å².